The van der Waals surface area contributed by atoms with Gasteiger partial charge in [-0.15, -0.1) is 0 Å². The molecule has 2 aromatic rings. The molecule has 1 amide bonds. The molecule has 1 aromatic heterocycles. The first kappa shape index (κ1) is 10.9. The topological polar surface area (TPSA) is 81.6 Å². The van der Waals surface area contributed by atoms with Crippen LogP contribution < -0.4 is 5.32 Å². The highest BCUT2D eigenvalue weighted by Crippen LogP contribution is 2.03. The maximum absolute atomic E-state index is 11.7. The van der Waals surface area contributed by atoms with Gasteiger partial charge in [0.15, 0.2) is 0 Å². The molecule has 0 saturated carbocycles. The summed E-state index contributed by atoms with van der Waals surface area (Å²) < 4.78 is 0. The number of nitriles is 1. The minimum absolute atomic E-state index is 0.171. The normalized spacial score (nSPS) is 9.59. The van der Waals surface area contributed by atoms with Gasteiger partial charge in [-0.25, -0.2) is 0 Å². The summed E-state index contributed by atoms with van der Waals surface area (Å²) in [5.41, 5.74) is 1.98. The predicted octanol–water partition coefficient (Wildman–Crippen LogP) is 1.21. The van der Waals surface area contributed by atoms with Gasteiger partial charge in [-0.05, 0) is 24.3 Å². The van der Waals surface area contributed by atoms with Crippen molar-refractivity contribution in [1.82, 2.24) is 15.5 Å². The number of aromatic amines is 1. The number of hydrogen-bond donors (Lipinski definition) is 2. The summed E-state index contributed by atoms with van der Waals surface area (Å²) in [6, 6.07) is 8.50. The summed E-state index contributed by atoms with van der Waals surface area (Å²) in [5, 5.41) is 17.8. The van der Waals surface area contributed by atoms with Crippen LogP contribution in [0.25, 0.3) is 0 Å². The second kappa shape index (κ2) is 4.94. The van der Waals surface area contributed by atoms with Gasteiger partial charge in [0.25, 0.3) is 5.91 Å². The van der Waals surface area contributed by atoms with Crippen LogP contribution >= 0.6 is 0 Å². The van der Waals surface area contributed by atoms with Gasteiger partial charge < -0.3 is 5.32 Å². The number of aromatic nitrogens is 2. The van der Waals surface area contributed by atoms with E-state index in [9.17, 15) is 4.79 Å². The molecule has 2 N–H and O–H groups in total. The SMILES string of the molecule is N#Cc1ccc(C(=O)NCc2cn[nH]c2)cc1. The third-order valence-electron chi connectivity index (χ3n) is 2.28. The zero-order valence-electron chi connectivity index (χ0n) is 8.97. The van der Waals surface area contributed by atoms with Gasteiger partial charge in [-0.1, -0.05) is 0 Å². The molecule has 0 aliphatic carbocycles. The summed E-state index contributed by atoms with van der Waals surface area (Å²) in [6.45, 7) is 0.426. The summed E-state index contributed by atoms with van der Waals surface area (Å²) in [4.78, 5) is 11.7. The maximum atomic E-state index is 11.7. The predicted molar refractivity (Wildman–Crippen MR) is 60.9 cm³/mol. The van der Waals surface area contributed by atoms with Gasteiger partial charge in [-0.2, -0.15) is 10.4 Å². The van der Waals surface area contributed by atoms with Gasteiger partial charge in [0.05, 0.1) is 17.8 Å². The standard InChI is InChI=1S/C12H10N4O/c13-5-9-1-3-11(4-2-9)12(17)14-6-10-7-15-16-8-10/h1-4,7-8H,6H2,(H,14,17)(H,15,16). The van der Waals surface area contributed by atoms with Crippen LogP contribution in [0.2, 0.25) is 0 Å². The number of rotatable bonds is 3. The van der Waals surface area contributed by atoms with Crippen LogP contribution in [0.3, 0.4) is 0 Å². The molecule has 0 saturated heterocycles. The Morgan fingerprint density at radius 2 is 2.18 bits per heavy atom. The summed E-state index contributed by atoms with van der Waals surface area (Å²) >= 11 is 0. The number of H-pyrrole nitrogens is 1. The quantitative estimate of drug-likeness (QED) is 0.825. The molecule has 2 rings (SSSR count). The molecular weight excluding hydrogens is 216 g/mol. The molecule has 0 aliphatic rings. The van der Waals surface area contributed by atoms with E-state index in [2.05, 4.69) is 15.5 Å². The Kier molecular flexibility index (Phi) is 3.17. The average molecular weight is 226 g/mol. The lowest BCUT2D eigenvalue weighted by Gasteiger charge is -2.03. The van der Waals surface area contributed by atoms with Gasteiger partial charge in [0, 0.05) is 23.9 Å². The van der Waals surface area contributed by atoms with Crippen molar-refractivity contribution in [2.45, 2.75) is 6.54 Å². The van der Waals surface area contributed by atoms with Crippen molar-refractivity contribution in [3.8, 4) is 6.07 Å². The minimum atomic E-state index is -0.171. The van der Waals surface area contributed by atoms with E-state index in [1.807, 2.05) is 6.07 Å². The molecule has 1 heterocycles. The molecule has 0 radical (unpaired) electrons. The third-order valence-corrected chi connectivity index (χ3v) is 2.28. The number of nitrogens with zero attached hydrogens (tertiary/aromatic N) is 2. The molecule has 17 heavy (non-hydrogen) atoms. The first-order chi connectivity index (χ1) is 8.29. The third kappa shape index (κ3) is 2.69. The molecule has 0 bridgehead atoms. The second-order valence-electron chi connectivity index (χ2n) is 3.48. The smallest absolute Gasteiger partial charge is 0.251 e. The summed E-state index contributed by atoms with van der Waals surface area (Å²) in [5.74, 6) is -0.171. The van der Waals surface area contributed by atoms with Gasteiger partial charge in [0.1, 0.15) is 0 Å². The fourth-order valence-electron chi connectivity index (χ4n) is 1.35. The van der Waals surface area contributed by atoms with E-state index in [1.54, 1.807) is 36.7 Å². The first-order valence-corrected chi connectivity index (χ1v) is 5.05. The van der Waals surface area contributed by atoms with E-state index in [0.29, 0.717) is 17.7 Å². The molecule has 84 valence electrons. The lowest BCUT2D eigenvalue weighted by atomic mass is 10.1. The number of nitrogens with one attached hydrogen (secondary N) is 2. The highest BCUT2D eigenvalue weighted by atomic mass is 16.1. The van der Waals surface area contributed by atoms with E-state index in [4.69, 9.17) is 5.26 Å². The van der Waals surface area contributed by atoms with Crippen LogP contribution in [0.4, 0.5) is 0 Å². The number of benzene rings is 1. The number of hydrogen-bond acceptors (Lipinski definition) is 3. The monoisotopic (exact) mass is 226 g/mol. The number of amides is 1. The van der Waals surface area contributed by atoms with E-state index in [0.717, 1.165) is 5.56 Å². The summed E-state index contributed by atoms with van der Waals surface area (Å²) in [6.07, 6.45) is 3.37. The van der Waals surface area contributed by atoms with Gasteiger partial charge >= 0.3 is 0 Å². The Labute approximate surface area is 98.1 Å². The first-order valence-electron chi connectivity index (χ1n) is 5.05. The molecule has 0 fully saturated rings. The van der Waals surface area contributed by atoms with Crippen molar-refractivity contribution in [3.63, 3.8) is 0 Å². The maximum Gasteiger partial charge on any atom is 0.251 e. The highest BCUT2D eigenvalue weighted by Gasteiger charge is 2.05. The average Bonchev–Trinajstić information content (AvgIpc) is 2.89. The second-order valence-corrected chi connectivity index (χ2v) is 3.48. The van der Waals surface area contributed by atoms with Crippen molar-refractivity contribution in [1.29, 1.82) is 5.26 Å². The van der Waals surface area contributed by atoms with Crippen LogP contribution in [0.5, 0.6) is 0 Å². The zero-order valence-corrected chi connectivity index (χ0v) is 8.97. The Bertz CT molecular complexity index is 537. The highest BCUT2D eigenvalue weighted by molar-refractivity contribution is 5.94. The molecular formula is C12H10N4O. The van der Waals surface area contributed by atoms with Crippen LogP contribution in [0.15, 0.2) is 36.7 Å². The lowest BCUT2D eigenvalue weighted by Crippen LogP contribution is -2.22. The molecule has 5 nitrogen and oxygen atoms in total. The van der Waals surface area contributed by atoms with Gasteiger partial charge in [-0.3, -0.25) is 9.89 Å². The zero-order chi connectivity index (χ0) is 12.1. The number of carbonyl (C=O) groups is 1. The van der Waals surface area contributed by atoms with E-state index in [-0.39, 0.29) is 5.91 Å². The van der Waals surface area contributed by atoms with Gasteiger partial charge in [0.2, 0.25) is 0 Å². The summed E-state index contributed by atoms with van der Waals surface area (Å²) in [7, 11) is 0. The fraction of sp³-hybridized carbons (Fsp3) is 0.0833. The molecule has 5 heteroatoms. The fourth-order valence-corrected chi connectivity index (χ4v) is 1.35. The van der Waals surface area contributed by atoms with Crippen molar-refractivity contribution >= 4 is 5.91 Å². The van der Waals surface area contributed by atoms with Crippen LogP contribution in [0, 0.1) is 11.3 Å². The molecule has 0 aliphatic heterocycles. The van der Waals surface area contributed by atoms with E-state index in [1.165, 1.54) is 0 Å². The molecule has 0 spiro atoms. The van der Waals surface area contributed by atoms with Crippen LogP contribution in [-0.4, -0.2) is 16.1 Å². The Morgan fingerprint density at radius 3 is 2.76 bits per heavy atom. The Morgan fingerprint density at radius 1 is 1.41 bits per heavy atom. The largest absolute Gasteiger partial charge is 0.348 e. The van der Waals surface area contributed by atoms with Crippen molar-refractivity contribution in [2.75, 3.05) is 0 Å². The molecule has 1 aromatic carbocycles. The van der Waals surface area contributed by atoms with Crippen LogP contribution in [0.1, 0.15) is 21.5 Å². The molecule has 0 atom stereocenters. The molecule has 0 unspecified atom stereocenters. The van der Waals surface area contributed by atoms with Crippen LogP contribution in [-0.2, 0) is 6.54 Å². The number of carbonyl (C=O) groups excluding carboxylic acids is 1. The van der Waals surface area contributed by atoms with Crippen molar-refractivity contribution in [2.24, 2.45) is 0 Å². The van der Waals surface area contributed by atoms with E-state index >= 15 is 0 Å². The lowest BCUT2D eigenvalue weighted by molar-refractivity contribution is 0.0951. The Balaban J connectivity index is 1.97. The van der Waals surface area contributed by atoms with Crippen molar-refractivity contribution < 1.29 is 4.79 Å². The van der Waals surface area contributed by atoms with Crippen molar-refractivity contribution in [3.05, 3.63) is 53.3 Å². The Hall–Kier alpha value is -2.61. The minimum Gasteiger partial charge on any atom is -0.348 e. The van der Waals surface area contributed by atoms with E-state index < -0.39 is 0 Å².